The molecule has 2 rings (SSSR count). The van der Waals surface area contributed by atoms with Crippen LogP contribution < -0.4 is 0 Å². The van der Waals surface area contributed by atoms with Gasteiger partial charge in [-0.3, -0.25) is 9.59 Å². The molecule has 0 bridgehead atoms. The predicted octanol–water partition coefficient (Wildman–Crippen LogP) is 2.76. The topological polar surface area (TPSA) is 83.6 Å². The van der Waals surface area contributed by atoms with Crippen LogP contribution in [0.4, 0.5) is 0 Å². The van der Waals surface area contributed by atoms with Gasteiger partial charge in [0.15, 0.2) is 0 Å². The molecule has 1 aliphatic rings. The minimum atomic E-state index is -0.848. The van der Waals surface area contributed by atoms with Crippen LogP contribution in [0, 0.1) is 11.8 Å². The van der Waals surface area contributed by atoms with Crippen molar-refractivity contribution in [1.29, 1.82) is 0 Å². The van der Waals surface area contributed by atoms with E-state index in [1.807, 2.05) is 6.92 Å². The van der Waals surface area contributed by atoms with Gasteiger partial charge in [0.05, 0.1) is 11.6 Å². The number of carbonyl (C=O) groups is 2. The minimum absolute atomic E-state index is 0.167. The highest BCUT2D eigenvalue weighted by Crippen LogP contribution is 2.26. The number of nitrogens with zero attached hydrogens (tertiary/aromatic N) is 2. The Hall–Kier alpha value is -1.85. The molecule has 0 aliphatic carbocycles. The summed E-state index contributed by atoms with van der Waals surface area (Å²) in [4.78, 5) is 25.3. The van der Waals surface area contributed by atoms with Crippen molar-refractivity contribution >= 4 is 11.9 Å². The first-order chi connectivity index (χ1) is 10.5. The zero-order chi connectivity index (χ0) is 16.3. The molecule has 0 saturated carbocycles. The highest BCUT2D eigenvalue weighted by atomic mass is 16.5. The van der Waals surface area contributed by atoms with Gasteiger partial charge in [-0.25, -0.2) is 0 Å². The lowest BCUT2D eigenvalue weighted by atomic mass is 9.90. The van der Waals surface area contributed by atoms with Gasteiger partial charge in [0, 0.05) is 25.1 Å². The highest BCUT2D eigenvalue weighted by Gasteiger charge is 2.33. The van der Waals surface area contributed by atoms with E-state index in [4.69, 9.17) is 4.52 Å². The molecule has 122 valence electrons. The molecule has 22 heavy (non-hydrogen) atoms. The first kappa shape index (κ1) is 16.5. The first-order valence-corrected chi connectivity index (χ1v) is 7.94. The number of carboxylic acids is 1. The highest BCUT2D eigenvalue weighted by molar-refractivity contribution is 5.92. The number of aliphatic carboxylic acids is 1. The van der Waals surface area contributed by atoms with Crippen molar-refractivity contribution in [2.45, 2.75) is 46.0 Å². The number of carbonyl (C=O) groups excluding carboxylic acids is 1. The van der Waals surface area contributed by atoms with Crippen LogP contribution in [0.25, 0.3) is 0 Å². The van der Waals surface area contributed by atoms with Crippen LogP contribution in [-0.4, -0.2) is 40.1 Å². The number of likely N-dealkylation sites (tertiary alicyclic amines) is 1. The Morgan fingerprint density at radius 2 is 2.09 bits per heavy atom. The standard InChI is InChI=1S/C16H24N2O4/c1-4-11(5-2)13-7-14(22-17-13)15(19)18-8-10(3)6-12(9-18)16(20)21/h7,10-12H,4-6,8-9H2,1-3H3,(H,20,21). The lowest BCUT2D eigenvalue weighted by Gasteiger charge is -2.33. The van der Waals surface area contributed by atoms with Crippen LogP contribution >= 0.6 is 0 Å². The van der Waals surface area contributed by atoms with Crippen molar-refractivity contribution in [2.75, 3.05) is 13.1 Å². The quantitative estimate of drug-likeness (QED) is 0.904. The van der Waals surface area contributed by atoms with E-state index in [0.717, 1.165) is 18.5 Å². The summed E-state index contributed by atoms with van der Waals surface area (Å²) in [6.07, 6.45) is 2.49. The molecule has 0 radical (unpaired) electrons. The summed E-state index contributed by atoms with van der Waals surface area (Å²) in [5, 5.41) is 13.2. The van der Waals surface area contributed by atoms with Gasteiger partial charge in [-0.05, 0) is 25.2 Å². The molecule has 1 amide bonds. The van der Waals surface area contributed by atoms with Crippen LogP contribution in [0.3, 0.4) is 0 Å². The molecule has 6 nitrogen and oxygen atoms in total. The summed E-state index contributed by atoms with van der Waals surface area (Å²) in [5.41, 5.74) is 0.799. The second-order valence-electron chi connectivity index (χ2n) is 6.22. The van der Waals surface area contributed by atoms with Crippen LogP contribution in [-0.2, 0) is 4.79 Å². The van der Waals surface area contributed by atoms with Crippen LogP contribution in [0.2, 0.25) is 0 Å². The normalized spacial score (nSPS) is 22.1. The SMILES string of the molecule is CCC(CC)c1cc(C(=O)N2CC(C)CC(C(=O)O)C2)on1. The Morgan fingerprint density at radius 1 is 1.41 bits per heavy atom. The summed E-state index contributed by atoms with van der Waals surface area (Å²) in [6, 6.07) is 1.70. The molecular formula is C16H24N2O4. The molecule has 1 fully saturated rings. The van der Waals surface area contributed by atoms with Crippen molar-refractivity contribution in [3.63, 3.8) is 0 Å². The number of amides is 1. The molecule has 1 saturated heterocycles. The van der Waals surface area contributed by atoms with Gasteiger partial charge in [0.2, 0.25) is 5.76 Å². The van der Waals surface area contributed by atoms with Crippen molar-refractivity contribution < 1.29 is 19.2 Å². The number of piperidine rings is 1. The lowest BCUT2D eigenvalue weighted by Crippen LogP contribution is -2.45. The molecule has 0 aromatic carbocycles. The van der Waals surface area contributed by atoms with Gasteiger partial charge in [0.25, 0.3) is 5.91 Å². The smallest absolute Gasteiger partial charge is 0.308 e. The molecule has 2 unspecified atom stereocenters. The maximum atomic E-state index is 12.5. The third kappa shape index (κ3) is 3.48. The van der Waals surface area contributed by atoms with E-state index in [1.54, 1.807) is 11.0 Å². The van der Waals surface area contributed by atoms with Crippen LogP contribution in [0.5, 0.6) is 0 Å². The lowest BCUT2D eigenvalue weighted by molar-refractivity contribution is -0.143. The average Bonchev–Trinajstić information content (AvgIpc) is 2.96. The van der Waals surface area contributed by atoms with Crippen LogP contribution in [0.15, 0.2) is 10.6 Å². The predicted molar refractivity (Wildman–Crippen MR) is 80.6 cm³/mol. The second-order valence-corrected chi connectivity index (χ2v) is 6.22. The summed E-state index contributed by atoms with van der Waals surface area (Å²) in [5.74, 6) is -0.950. The Balaban J connectivity index is 2.12. The third-order valence-corrected chi connectivity index (χ3v) is 4.44. The van der Waals surface area contributed by atoms with E-state index >= 15 is 0 Å². The zero-order valence-corrected chi connectivity index (χ0v) is 13.4. The molecule has 2 atom stereocenters. The molecule has 0 spiro atoms. The fourth-order valence-corrected chi connectivity index (χ4v) is 3.14. The summed E-state index contributed by atoms with van der Waals surface area (Å²) >= 11 is 0. The largest absolute Gasteiger partial charge is 0.481 e. The maximum absolute atomic E-state index is 12.5. The Kier molecular flexibility index (Phi) is 5.21. The van der Waals surface area contributed by atoms with E-state index < -0.39 is 11.9 Å². The van der Waals surface area contributed by atoms with Gasteiger partial charge in [-0.2, -0.15) is 0 Å². The first-order valence-electron chi connectivity index (χ1n) is 7.94. The van der Waals surface area contributed by atoms with Crippen molar-refractivity contribution in [3.05, 3.63) is 17.5 Å². The van der Waals surface area contributed by atoms with E-state index in [2.05, 4.69) is 19.0 Å². The maximum Gasteiger partial charge on any atom is 0.308 e. The van der Waals surface area contributed by atoms with E-state index in [0.29, 0.717) is 13.0 Å². The van der Waals surface area contributed by atoms with Crippen molar-refractivity contribution in [3.8, 4) is 0 Å². The van der Waals surface area contributed by atoms with Gasteiger partial charge < -0.3 is 14.5 Å². The third-order valence-electron chi connectivity index (χ3n) is 4.44. The summed E-state index contributed by atoms with van der Waals surface area (Å²) in [6.45, 7) is 6.91. The Labute approximate surface area is 130 Å². The Bertz CT molecular complexity index is 536. The number of hydrogen-bond acceptors (Lipinski definition) is 4. The van der Waals surface area contributed by atoms with Crippen LogP contribution in [0.1, 0.15) is 62.2 Å². The molecule has 2 heterocycles. The van der Waals surface area contributed by atoms with Crippen molar-refractivity contribution in [1.82, 2.24) is 10.1 Å². The second kappa shape index (κ2) is 6.94. The molecule has 1 aliphatic heterocycles. The minimum Gasteiger partial charge on any atom is -0.481 e. The number of rotatable bonds is 5. The van der Waals surface area contributed by atoms with Gasteiger partial charge in [-0.1, -0.05) is 25.9 Å². The molecular weight excluding hydrogens is 284 g/mol. The monoisotopic (exact) mass is 308 g/mol. The molecule has 1 aromatic rings. The zero-order valence-electron chi connectivity index (χ0n) is 13.4. The summed E-state index contributed by atoms with van der Waals surface area (Å²) in [7, 11) is 0. The summed E-state index contributed by atoms with van der Waals surface area (Å²) < 4.78 is 5.21. The molecule has 1 N–H and O–H groups in total. The van der Waals surface area contributed by atoms with Gasteiger partial charge in [0.1, 0.15) is 0 Å². The molecule has 6 heteroatoms. The van der Waals surface area contributed by atoms with E-state index in [9.17, 15) is 14.7 Å². The number of hydrogen-bond donors (Lipinski definition) is 1. The average molecular weight is 308 g/mol. The van der Waals surface area contributed by atoms with Crippen molar-refractivity contribution in [2.24, 2.45) is 11.8 Å². The fraction of sp³-hybridized carbons (Fsp3) is 0.688. The number of aromatic nitrogens is 1. The fourth-order valence-electron chi connectivity index (χ4n) is 3.14. The van der Waals surface area contributed by atoms with Gasteiger partial charge in [-0.15, -0.1) is 0 Å². The van der Waals surface area contributed by atoms with E-state index in [1.165, 1.54) is 0 Å². The molecule has 1 aromatic heterocycles. The van der Waals surface area contributed by atoms with Gasteiger partial charge >= 0.3 is 5.97 Å². The number of carboxylic acid groups (broad SMARTS) is 1. The Morgan fingerprint density at radius 3 is 2.68 bits per heavy atom. The van der Waals surface area contributed by atoms with E-state index in [-0.39, 0.29) is 30.0 Å².